The number of rotatable bonds is 6. The average Bonchev–Trinajstić information content (AvgIpc) is 2.68. The van der Waals surface area contributed by atoms with E-state index < -0.39 is 23.7 Å². The van der Waals surface area contributed by atoms with Gasteiger partial charge in [0.05, 0.1) is 12.4 Å². The molecular weight excluding hydrogens is 392 g/mol. The van der Waals surface area contributed by atoms with Crippen molar-refractivity contribution < 1.29 is 27.1 Å². The third kappa shape index (κ3) is 5.84. The molecule has 0 fully saturated rings. The number of halogens is 4. The number of allylic oxidation sites excluding steroid dienone is 2. The maximum Gasteiger partial charge on any atom is 0.451 e. The second-order valence-electron chi connectivity index (χ2n) is 5.86. The van der Waals surface area contributed by atoms with Crippen molar-refractivity contribution in [2.75, 3.05) is 13.1 Å². The van der Waals surface area contributed by atoms with Crippen molar-refractivity contribution in [1.82, 2.24) is 14.9 Å². The van der Waals surface area contributed by atoms with Crippen molar-refractivity contribution in [3.05, 3.63) is 66.9 Å². The molecule has 2 rings (SSSR count). The Kier molecular flexibility index (Phi) is 7.03. The molecule has 0 spiro atoms. The summed E-state index contributed by atoms with van der Waals surface area (Å²) in [5, 5.41) is 0. The van der Waals surface area contributed by atoms with Gasteiger partial charge in [-0.05, 0) is 18.9 Å². The zero-order valence-corrected chi connectivity index (χ0v) is 15.5. The molecule has 29 heavy (non-hydrogen) atoms. The number of hydrogen-bond acceptors (Lipinski definition) is 5. The molecule has 0 N–H and O–H groups in total. The van der Waals surface area contributed by atoms with Crippen LogP contribution >= 0.6 is 0 Å². The molecule has 0 saturated carbocycles. The predicted octanol–water partition coefficient (Wildman–Crippen LogP) is 4.00. The van der Waals surface area contributed by atoms with Crippen molar-refractivity contribution in [2.24, 2.45) is 4.99 Å². The first-order valence-electron chi connectivity index (χ1n) is 8.42. The monoisotopic (exact) mass is 410 g/mol. The van der Waals surface area contributed by atoms with Crippen LogP contribution in [0.15, 0.2) is 66.1 Å². The molecular formula is C19H18F4N4O2. The minimum atomic E-state index is -4.66. The maximum atomic E-state index is 13.0. The molecule has 0 saturated heterocycles. The lowest BCUT2D eigenvalue weighted by molar-refractivity contribution is -0.145. The van der Waals surface area contributed by atoms with Gasteiger partial charge in [-0.1, -0.05) is 25.3 Å². The summed E-state index contributed by atoms with van der Waals surface area (Å²) in [6, 6.07) is 0. The van der Waals surface area contributed by atoms with Gasteiger partial charge in [0, 0.05) is 19.3 Å². The van der Waals surface area contributed by atoms with Gasteiger partial charge in [0.25, 0.3) is 5.91 Å². The lowest BCUT2D eigenvalue weighted by Crippen LogP contribution is -2.36. The highest BCUT2D eigenvalue weighted by Gasteiger charge is 2.34. The van der Waals surface area contributed by atoms with Gasteiger partial charge in [0.15, 0.2) is 11.6 Å². The second-order valence-corrected chi connectivity index (χ2v) is 5.86. The van der Waals surface area contributed by atoms with E-state index in [2.05, 4.69) is 28.1 Å². The average molecular weight is 410 g/mol. The maximum absolute atomic E-state index is 13.0. The number of alkyl halides is 3. The largest absolute Gasteiger partial charge is 0.452 e. The SMILES string of the molecule is C=C(F)C(=O)N1CC=C(C(=N/C=C\C)C(=C)Oc2cnc(C(F)(F)F)nc2)CC1. The topological polar surface area (TPSA) is 67.7 Å². The first kappa shape index (κ1) is 22.0. The van der Waals surface area contributed by atoms with E-state index >= 15 is 0 Å². The molecule has 1 aliphatic heterocycles. The first-order chi connectivity index (χ1) is 13.6. The number of hydrogen-bond donors (Lipinski definition) is 0. The second kappa shape index (κ2) is 9.26. The van der Waals surface area contributed by atoms with Crippen LogP contribution in [0.4, 0.5) is 17.6 Å². The summed E-state index contributed by atoms with van der Waals surface area (Å²) >= 11 is 0. The number of amides is 1. The molecule has 154 valence electrons. The molecule has 1 amide bonds. The fourth-order valence-corrected chi connectivity index (χ4v) is 2.43. The molecule has 6 nitrogen and oxygen atoms in total. The quantitative estimate of drug-likeness (QED) is 0.308. The van der Waals surface area contributed by atoms with Gasteiger partial charge in [0.1, 0.15) is 11.5 Å². The molecule has 0 aromatic carbocycles. The minimum absolute atomic E-state index is 0.0434. The highest BCUT2D eigenvalue weighted by Crippen LogP contribution is 2.27. The third-order valence-electron chi connectivity index (χ3n) is 3.77. The zero-order valence-electron chi connectivity index (χ0n) is 15.5. The van der Waals surface area contributed by atoms with E-state index in [-0.39, 0.29) is 24.6 Å². The lowest BCUT2D eigenvalue weighted by atomic mass is 10.0. The molecule has 1 aliphatic rings. The summed E-state index contributed by atoms with van der Waals surface area (Å²) in [6.07, 6.45) is 2.30. The molecule has 0 unspecified atom stereocenters. The van der Waals surface area contributed by atoms with Crippen LogP contribution in [0.5, 0.6) is 5.75 Å². The number of aromatic nitrogens is 2. The van der Waals surface area contributed by atoms with Crippen LogP contribution in [0.1, 0.15) is 19.2 Å². The number of carbonyl (C=O) groups is 1. The highest BCUT2D eigenvalue weighted by atomic mass is 19.4. The lowest BCUT2D eigenvalue weighted by Gasteiger charge is -2.26. The van der Waals surface area contributed by atoms with Gasteiger partial charge in [-0.2, -0.15) is 13.2 Å². The first-order valence-corrected chi connectivity index (χ1v) is 8.42. The van der Waals surface area contributed by atoms with Gasteiger partial charge >= 0.3 is 6.18 Å². The fraction of sp³-hybridized carbons (Fsp3) is 0.263. The van der Waals surface area contributed by atoms with Crippen LogP contribution in [0.2, 0.25) is 0 Å². The van der Waals surface area contributed by atoms with Crippen LogP contribution in [0, 0.1) is 0 Å². The predicted molar refractivity (Wildman–Crippen MR) is 98.6 cm³/mol. The standard InChI is InChI=1S/C19H18F4N4O2/c1-4-7-24-16(14-5-8-27(9-6-14)17(28)12(2)20)13(3)29-15-10-25-18(26-11-15)19(21,22)23/h4-5,7,10-11H,2-3,6,8-9H2,1H3/b7-4-,24-16?. The Morgan fingerprint density at radius 2 is 1.97 bits per heavy atom. The molecule has 0 radical (unpaired) electrons. The van der Waals surface area contributed by atoms with Gasteiger partial charge < -0.3 is 9.64 Å². The van der Waals surface area contributed by atoms with Crippen molar-refractivity contribution in [3.63, 3.8) is 0 Å². The Morgan fingerprint density at radius 3 is 2.45 bits per heavy atom. The smallest absolute Gasteiger partial charge is 0.451 e. The fourth-order valence-electron chi connectivity index (χ4n) is 2.43. The van der Waals surface area contributed by atoms with Gasteiger partial charge in [-0.3, -0.25) is 9.79 Å². The van der Waals surface area contributed by atoms with Crippen LogP contribution in [0.3, 0.4) is 0 Å². The van der Waals surface area contributed by atoms with Gasteiger partial charge in [-0.15, -0.1) is 0 Å². The Balaban J connectivity index is 2.17. The van der Waals surface area contributed by atoms with Gasteiger partial charge in [-0.25, -0.2) is 14.4 Å². The highest BCUT2D eigenvalue weighted by molar-refractivity contribution is 6.11. The Labute approximate surface area is 164 Å². The van der Waals surface area contributed by atoms with Crippen LogP contribution < -0.4 is 4.74 Å². The summed E-state index contributed by atoms with van der Waals surface area (Å²) in [7, 11) is 0. The van der Waals surface area contributed by atoms with Crippen LogP contribution in [-0.2, 0) is 11.0 Å². The van der Waals surface area contributed by atoms with Crippen molar-refractivity contribution >= 4 is 11.6 Å². The van der Waals surface area contributed by atoms with Crippen LogP contribution in [-0.4, -0.2) is 39.6 Å². The van der Waals surface area contributed by atoms with E-state index in [4.69, 9.17) is 4.74 Å². The number of carbonyl (C=O) groups excluding carboxylic acids is 1. The third-order valence-corrected chi connectivity index (χ3v) is 3.77. The van der Waals surface area contributed by atoms with Crippen molar-refractivity contribution in [3.8, 4) is 5.75 Å². The molecule has 0 atom stereocenters. The van der Waals surface area contributed by atoms with Crippen LogP contribution in [0.25, 0.3) is 0 Å². The summed E-state index contributed by atoms with van der Waals surface area (Å²) in [4.78, 5) is 23.6. The Hall–Kier alpha value is -3.30. The van der Waals surface area contributed by atoms with E-state index in [9.17, 15) is 22.4 Å². The summed E-state index contributed by atoms with van der Waals surface area (Å²) in [5.74, 6) is -3.10. The molecule has 10 heteroatoms. The molecule has 0 bridgehead atoms. The Bertz CT molecular complexity index is 886. The Morgan fingerprint density at radius 1 is 1.31 bits per heavy atom. The number of nitrogens with zero attached hydrogens (tertiary/aromatic N) is 4. The summed E-state index contributed by atoms with van der Waals surface area (Å²) < 4.78 is 56.1. The van der Waals surface area contributed by atoms with Gasteiger partial charge in [0.2, 0.25) is 5.82 Å². The number of ether oxygens (including phenoxy) is 1. The van der Waals surface area contributed by atoms with Crippen molar-refractivity contribution in [1.29, 1.82) is 0 Å². The van der Waals surface area contributed by atoms with E-state index in [0.29, 0.717) is 17.7 Å². The molecule has 0 aliphatic carbocycles. The zero-order chi connectivity index (χ0) is 21.6. The normalized spacial score (nSPS) is 15.3. The van der Waals surface area contributed by atoms with E-state index in [0.717, 1.165) is 12.4 Å². The number of aliphatic imine (C=N–C) groups is 1. The van der Waals surface area contributed by atoms with E-state index in [1.54, 1.807) is 19.1 Å². The van der Waals surface area contributed by atoms with E-state index in [1.807, 2.05) is 0 Å². The molecule has 1 aromatic heterocycles. The van der Waals surface area contributed by atoms with E-state index in [1.165, 1.54) is 11.1 Å². The summed E-state index contributed by atoms with van der Waals surface area (Å²) in [5.41, 5.74) is 1.03. The molecule has 1 aromatic rings. The minimum Gasteiger partial charge on any atom is -0.452 e. The molecule has 2 heterocycles. The van der Waals surface area contributed by atoms with Crippen molar-refractivity contribution in [2.45, 2.75) is 19.5 Å². The summed E-state index contributed by atoms with van der Waals surface area (Å²) in [6.45, 7) is 8.89.